The maximum atomic E-state index is 14.0. The summed E-state index contributed by atoms with van der Waals surface area (Å²) < 4.78 is 12.4. The molecule has 2 aromatic heterocycles. The van der Waals surface area contributed by atoms with Crippen LogP contribution >= 0.6 is 34.4 Å². The second kappa shape index (κ2) is 13.1. The number of aromatic nitrogens is 3. The molecule has 0 saturated heterocycles. The van der Waals surface area contributed by atoms with E-state index in [9.17, 15) is 14.7 Å². The quantitative estimate of drug-likeness (QED) is 0.103. The highest BCUT2D eigenvalue weighted by molar-refractivity contribution is 8.00. The molecule has 1 atom stereocenters. The highest BCUT2D eigenvalue weighted by Crippen LogP contribution is 2.46. The Balaban J connectivity index is 1.56. The predicted molar refractivity (Wildman–Crippen MR) is 165 cm³/mol. The van der Waals surface area contributed by atoms with Crippen LogP contribution in [0.15, 0.2) is 64.2 Å². The number of aliphatic hydroxyl groups is 1. The third-order valence-electron chi connectivity index (χ3n) is 6.41. The molecular weight excluding hydrogens is 593 g/mol. The zero-order valence-corrected chi connectivity index (χ0v) is 26.1. The van der Waals surface area contributed by atoms with Gasteiger partial charge in [0.15, 0.2) is 21.6 Å². The fourth-order valence-corrected chi connectivity index (χ4v) is 7.28. The number of thioether (sulfide) groups is 1. The van der Waals surface area contributed by atoms with E-state index in [0.29, 0.717) is 55.9 Å². The van der Waals surface area contributed by atoms with Gasteiger partial charge in [-0.15, -0.1) is 21.5 Å². The van der Waals surface area contributed by atoms with Crippen molar-refractivity contribution in [3.8, 4) is 11.5 Å². The van der Waals surface area contributed by atoms with Crippen LogP contribution in [-0.2, 0) is 10.5 Å². The van der Waals surface area contributed by atoms with Gasteiger partial charge in [-0.3, -0.25) is 14.5 Å². The maximum absolute atomic E-state index is 14.0. The second-order valence-electron chi connectivity index (χ2n) is 9.43. The average molecular weight is 623 g/mol. The van der Waals surface area contributed by atoms with Crippen molar-refractivity contribution < 1.29 is 24.2 Å². The molecule has 9 nitrogen and oxygen atoms in total. The van der Waals surface area contributed by atoms with Crippen molar-refractivity contribution in [1.82, 2.24) is 15.2 Å². The summed E-state index contributed by atoms with van der Waals surface area (Å²) >= 11 is 3.96. The van der Waals surface area contributed by atoms with Crippen LogP contribution in [-0.4, -0.2) is 45.2 Å². The molecule has 3 heterocycles. The highest BCUT2D eigenvalue weighted by atomic mass is 32.2. The van der Waals surface area contributed by atoms with Gasteiger partial charge < -0.3 is 14.6 Å². The molecule has 0 bridgehead atoms. The van der Waals surface area contributed by atoms with Crippen molar-refractivity contribution in [2.45, 2.75) is 50.3 Å². The molecule has 5 rings (SSSR count). The zero-order chi connectivity index (χ0) is 29.8. The molecule has 1 unspecified atom stereocenters. The summed E-state index contributed by atoms with van der Waals surface area (Å²) in [5.41, 5.74) is 2.20. The summed E-state index contributed by atoms with van der Waals surface area (Å²) in [5, 5.41) is 20.8. The molecule has 42 heavy (non-hydrogen) atoms. The summed E-state index contributed by atoms with van der Waals surface area (Å²) in [6.07, 6.45) is 0.822. The molecule has 0 saturated carbocycles. The van der Waals surface area contributed by atoms with Crippen LogP contribution in [0, 0.1) is 13.8 Å². The van der Waals surface area contributed by atoms with E-state index in [1.165, 1.54) is 39.3 Å². The number of hydrogen-bond donors (Lipinski definition) is 1. The van der Waals surface area contributed by atoms with E-state index < -0.39 is 23.5 Å². The highest BCUT2D eigenvalue weighted by Gasteiger charge is 2.47. The monoisotopic (exact) mass is 622 g/mol. The standard InChI is InChI=1S/C30H30N4O5S3/c1-5-14-39-21-13-12-20(15-22(21)38-6-2)24-23(25(35)27-17(3)31-18(4)41-27)26(36)28(37)34(24)29-32-33-30(42-29)40-16-19-10-8-7-9-11-19/h7-13,15,24,36H,5-6,14,16H2,1-4H3. The normalized spacial score (nSPS) is 15.0. The number of carbonyl (C=O) groups is 2. The number of ketones is 1. The lowest BCUT2D eigenvalue weighted by molar-refractivity contribution is -0.117. The minimum Gasteiger partial charge on any atom is -0.503 e. The van der Waals surface area contributed by atoms with Crippen LogP contribution in [0.4, 0.5) is 5.13 Å². The van der Waals surface area contributed by atoms with Gasteiger partial charge in [-0.25, -0.2) is 4.98 Å². The first kappa shape index (κ1) is 29.7. The van der Waals surface area contributed by atoms with Gasteiger partial charge in [0, 0.05) is 5.75 Å². The number of rotatable bonds is 12. The minimum absolute atomic E-state index is 0.0369. The van der Waals surface area contributed by atoms with E-state index in [0.717, 1.165) is 12.0 Å². The number of Topliss-reactive ketones (excluding diaryl/α,β-unsaturated/α-hetero) is 1. The number of nitrogens with zero attached hydrogens (tertiary/aromatic N) is 4. The Bertz CT molecular complexity index is 1630. The molecule has 1 aliphatic heterocycles. The van der Waals surface area contributed by atoms with Gasteiger partial charge in [0.25, 0.3) is 5.91 Å². The van der Waals surface area contributed by atoms with Gasteiger partial charge in [-0.1, -0.05) is 66.4 Å². The molecule has 218 valence electrons. The molecular formula is C30H30N4O5S3. The fraction of sp³-hybridized carbons (Fsp3) is 0.300. The van der Waals surface area contributed by atoms with E-state index in [1.807, 2.05) is 51.1 Å². The number of carbonyl (C=O) groups excluding carboxylic acids is 2. The number of benzene rings is 2. The number of aliphatic hydroxyl groups excluding tert-OH is 1. The van der Waals surface area contributed by atoms with Crippen molar-refractivity contribution in [3.63, 3.8) is 0 Å². The van der Waals surface area contributed by atoms with E-state index in [4.69, 9.17) is 9.47 Å². The fourth-order valence-electron chi connectivity index (χ4n) is 4.59. The molecule has 0 aliphatic carbocycles. The largest absolute Gasteiger partial charge is 0.503 e. The van der Waals surface area contributed by atoms with Crippen LogP contribution in [0.3, 0.4) is 0 Å². The van der Waals surface area contributed by atoms with Crippen molar-refractivity contribution >= 4 is 51.3 Å². The third kappa shape index (κ3) is 6.06. The maximum Gasteiger partial charge on any atom is 0.296 e. The Kier molecular flexibility index (Phi) is 9.24. The SMILES string of the molecule is CCCOc1ccc(C2C(C(=O)c3sc(C)nc3C)=C(O)C(=O)N2c2nnc(SCc3ccccc3)s2)cc1OCC. The number of hydrogen-bond acceptors (Lipinski definition) is 11. The van der Waals surface area contributed by atoms with Gasteiger partial charge in [0.05, 0.1) is 40.4 Å². The van der Waals surface area contributed by atoms with E-state index in [2.05, 4.69) is 15.2 Å². The first-order chi connectivity index (χ1) is 20.3. The van der Waals surface area contributed by atoms with Crippen molar-refractivity contribution in [1.29, 1.82) is 0 Å². The van der Waals surface area contributed by atoms with E-state index in [-0.39, 0.29) is 10.7 Å². The summed E-state index contributed by atoms with van der Waals surface area (Å²) in [6.45, 7) is 8.34. The summed E-state index contributed by atoms with van der Waals surface area (Å²) in [6, 6.07) is 14.3. The summed E-state index contributed by atoms with van der Waals surface area (Å²) in [4.78, 5) is 33.7. The number of ether oxygens (including phenoxy) is 2. The topological polar surface area (TPSA) is 115 Å². The molecule has 12 heteroatoms. The lowest BCUT2D eigenvalue weighted by Gasteiger charge is -2.25. The predicted octanol–water partition coefficient (Wildman–Crippen LogP) is 6.87. The Morgan fingerprint density at radius 1 is 1.05 bits per heavy atom. The Morgan fingerprint density at radius 2 is 1.83 bits per heavy atom. The van der Waals surface area contributed by atoms with Crippen LogP contribution in [0.25, 0.3) is 0 Å². The Labute approximate surface area is 256 Å². The zero-order valence-electron chi connectivity index (χ0n) is 23.6. The lowest BCUT2D eigenvalue weighted by Crippen LogP contribution is -2.31. The molecule has 0 spiro atoms. The summed E-state index contributed by atoms with van der Waals surface area (Å²) in [7, 11) is 0. The molecule has 0 radical (unpaired) electrons. The van der Waals surface area contributed by atoms with Gasteiger partial charge in [-0.2, -0.15) is 0 Å². The first-order valence-corrected chi connectivity index (χ1v) is 16.1. The lowest BCUT2D eigenvalue weighted by atomic mass is 9.95. The van der Waals surface area contributed by atoms with Crippen molar-refractivity contribution in [2.24, 2.45) is 0 Å². The number of thiazole rings is 1. The molecule has 1 aliphatic rings. The molecule has 1 N–H and O–H groups in total. The minimum atomic E-state index is -0.967. The molecule has 1 amide bonds. The number of anilines is 1. The van der Waals surface area contributed by atoms with E-state index >= 15 is 0 Å². The number of amides is 1. The second-order valence-corrected chi connectivity index (χ2v) is 12.8. The first-order valence-electron chi connectivity index (χ1n) is 13.5. The third-order valence-corrected chi connectivity index (χ3v) is 9.61. The van der Waals surface area contributed by atoms with Crippen LogP contribution in [0.1, 0.15) is 57.8 Å². The average Bonchev–Trinajstić information content (AvgIpc) is 3.67. The van der Waals surface area contributed by atoms with Crippen LogP contribution < -0.4 is 14.4 Å². The van der Waals surface area contributed by atoms with Crippen molar-refractivity contribution in [3.05, 3.63) is 86.6 Å². The van der Waals surface area contributed by atoms with Crippen LogP contribution in [0.5, 0.6) is 11.5 Å². The van der Waals surface area contributed by atoms with Gasteiger partial charge in [0.2, 0.25) is 10.9 Å². The van der Waals surface area contributed by atoms with E-state index in [1.54, 1.807) is 25.1 Å². The molecule has 4 aromatic rings. The Morgan fingerprint density at radius 3 is 2.52 bits per heavy atom. The molecule has 2 aromatic carbocycles. The number of aryl methyl sites for hydroxylation is 2. The van der Waals surface area contributed by atoms with Crippen molar-refractivity contribution in [2.75, 3.05) is 18.1 Å². The Hall–Kier alpha value is -3.74. The van der Waals surface area contributed by atoms with Crippen LogP contribution in [0.2, 0.25) is 0 Å². The molecule has 0 fully saturated rings. The van der Waals surface area contributed by atoms with Gasteiger partial charge >= 0.3 is 0 Å². The summed E-state index contributed by atoms with van der Waals surface area (Å²) in [5.74, 6) is -0.0697. The van der Waals surface area contributed by atoms with Gasteiger partial charge in [0.1, 0.15) is 0 Å². The van der Waals surface area contributed by atoms with Gasteiger partial charge in [-0.05, 0) is 50.5 Å². The smallest absolute Gasteiger partial charge is 0.296 e.